The first kappa shape index (κ1) is 15.3. The quantitative estimate of drug-likeness (QED) is 0.901. The van der Waals surface area contributed by atoms with Gasteiger partial charge in [-0.2, -0.15) is 0 Å². The maximum atomic E-state index is 12.7. The van der Waals surface area contributed by atoms with Crippen LogP contribution in [0.15, 0.2) is 24.3 Å². The van der Waals surface area contributed by atoms with Gasteiger partial charge in [0.05, 0.1) is 18.9 Å². The van der Waals surface area contributed by atoms with Crippen molar-refractivity contribution < 1.29 is 23.8 Å². The summed E-state index contributed by atoms with van der Waals surface area (Å²) in [6.07, 6.45) is 0.662. The molecule has 1 heterocycles. The summed E-state index contributed by atoms with van der Waals surface area (Å²) < 4.78 is 18.1. The molecule has 0 saturated carbocycles. The highest BCUT2D eigenvalue weighted by Crippen LogP contribution is 2.25. The van der Waals surface area contributed by atoms with Crippen LogP contribution in [0.25, 0.3) is 0 Å². The van der Waals surface area contributed by atoms with Crippen molar-refractivity contribution >= 4 is 11.9 Å². The van der Waals surface area contributed by atoms with E-state index in [9.17, 15) is 14.0 Å². The highest BCUT2D eigenvalue weighted by atomic mass is 19.1. The molecule has 21 heavy (non-hydrogen) atoms. The minimum atomic E-state index is -0.861. The molecule has 2 atom stereocenters. The number of rotatable bonds is 5. The van der Waals surface area contributed by atoms with Crippen LogP contribution in [0.4, 0.5) is 4.39 Å². The summed E-state index contributed by atoms with van der Waals surface area (Å²) in [5.74, 6) is -1.31. The fourth-order valence-electron chi connectivity index (χ4n) is 2.55. The molecule has 114 valence electrons. The van der Waals surface area contributed by atoms with Crippen molar-refractivity contribution in [3.63, 3.8) is 0 Å². The van der Waals surface area contributed by atoms with Gasteiger partial charge in [-0.15, -0.1) is 0 Å². The summed E-state index contributed by atoms with van der Waals surface area (Å²) in [6, 6.07) is 5.28. The molecule has 0 aliphatic carbocycles. The summed E-state index contributed by atoms with van der Waals surface area (Å²) in [4.78, 5) is 24.7. The highest BCUT2D eigenvalue weighted by molar-refractivity contribution is 5.79. The molecule has 1 amide bonds. The number of hydrogen-bond acceptors (Lipinski definition) is 3. The molecule has 1 fully saturated rings. The third-order valence-corrected chi connectivity index (χ3v) is 3.79. The number of amides is 1. The Morgan fingerprint density at radius 1 is 1.38 bits per heavy atom. The lowest BCUT2D eigenvalue weighted by molar-refractivity contribution is -0.143. The molecule has 1 aromatic carbocycles. The Kier molecular flexibility index (Phi) is 4.77. The molecular formula is C15H18FNO4. The molecule has 0 radical (unpaired) electrons. The molecular weight excluding hydrogens is 277 g/mol. The van der Waals surface area contributed by atoms with E-state index in [0.29, 0.717) is 18.7 Å². The number of ether oxygens (including phenoxy) is 1. The number of benzene rings is 1. The molecule has 2 unspecified atom stereocenters. The van der Waals surface area contributed by atoms with Crippen molar-refractivity contribution in [3.8, 4) is 5.75 Å². The number of carbonyl (C=O) groups is 2. The monoisotopic (exact) mass is 295 g/mol. The molecule has 0 aromatic heterocycles. The van der Waals surface area contributed by atoms with Crippen LogP contribution in [0.1, 0.15) is 19.8 Å². The number of carboxylic acid groups (broad SMARTS) is 1. The normalized spacial score (nSPS) is 21.3. The minimum Gasteiger partial charge on any atom is -0.493 e. The van der Waals surface area contributed by atoms with Crippen LogP contribution >= 0.6 is 0 Å². The van der Waals surface area contributed by atoms with Crippen LogP contribution in [0.3, 0.4) is 0 Å². The first-order valence-corrected chi connectivity index (χ1v) is 6.89. The molecule has 1 aliphatic rings. The molecule has 1 N–H and O–H groups in total. The van der Waals surface area contributed by atoms with E-state index in [1.165, 1.54) is 24.3 Å². The first-order valence-electron chi connectivity index (χ1n) is 6.89. The Balaban J connectivity index is 1.80. The zero-order chi connectivity index (χ0) is 15.4. The highest BCUT2D eigenvalue weighted by Gasteiger charge is 2.37. The molecule has 6 heteroatoms. The van der Waals surface area contributed by atoms with Gasteiger partial charge in [-0.25, -0.2) is 4.39 Å². The van der Waals surface area contributed by atoms with Gasteiger partial charge in [-0.1, -0.05) is 0 Å². The molecule has 2 rings (SSSR count). The number of nitrogens with zero attached hydrogens (tertiary/aromatic N) is 1. The Bertz CT molecular complexity index is 517. The van der Waals surface area contributed by atoms with Gasteiger partial charge in [0.15, 0.2) is 0 Å². The fraction of sp³-hybridized carbons (Fsp3) is 0.467. The molecule has 5 nitrogen and oxygen atoms in total. The first-order chi connectivity index (χ1) is 9.99. The third kappa shape index (κ3) is 3.71. The van der Waals surface area contributed by atoms with E-state index in [-0.39, 0.29) is 30.8 Å². The Morgan fingerprint density at radius 2 is 2.05 bits per heavy atom. The van der Waals surface area contributed by atoms with E-state index in [0.717, 1.165) is 0 Å². The van der Waals surface area contributed by atoms with Gasteiger partial charge in [0.2, 0.25) is 5.91 Å². The standard InChI is InChI=1S/C15H18FNO4/c1-10-13(15(19)20)6-8-17(10)14(18)7-9-21-12-4-2-11(16)3-5-12/h2-5,10,13H,6-9H2,1H3,(H,19,20). The number of carboxylic acids is 1. The van der Waals surface area contributed by atoms with Crippen molar-refractivity contribution in [2.75, 3.05) is 13.2 Å². The van der Waals surface area contributed by atoms with E-state index in [1.54, 1.807) is 11.8 Å². The number of halogens is 1. The van der Waals surface area contributed by atoms with Gasteiger partial charge in [-0.05, 0) is 37.6 Å². The molecule has 1 aromatic rings. The van der Waals surface area contributed by atoms with Crippen LogP contribution in [-0.4, -0.2) is 41.1 Å². The van der Waals surface area contributed by atoms with E-state index in [4.69, 9.17) is 9.84 Å². The average Bonchev–Trinajstić information content (AvgIpc) is 2.83. The summed E-state index contributed by atoms with van der Waals surface area (Å²) in [5.41, 5.74) is 0. The van der Waals surface area contributed by atoms with Crippen molar-refractivity contribution in [3.05, 3.63) is 30.1 Å². The van der Waals surface area contributed by atoms with E-state index < -0.39 is 11.9 Å². The van der Waals surface area contributed by atoms with E-state index >= 15 is 0 Å². The fourth-order valence-corrected chi connectivity index (χ4v) is 2.55. The van der Waals surface area contributed by atoms with Crippen molar-refractivity contribution in [2.45, 2.75) is 25.8 Å². The van der Waals surface area contributed by atoms with E-state index in [1.807, 2.05) is 0 Å². The zero-order valence-electron chi connectivity index (χ0n) is 11.8. The summed E-state index contributed by atoms with van der Waals surface area (Å²) in [7, 11) is 0. The third-order valence-electron chi connectivity index (χ3n) is 3.79. The number of aliphatic carboxylic acids is 1. The lowest BCUT2D eigenvalue weighted by Gasteiger charge is -2.23. The van der Waals surface area contributed by atoms with Gasteiger partial charge < -0.3 is 14.7 Å². The van der Waals surface area contributed by atoms with Crippen LogP contribution in [0, 0.1) is 11.7 Å². The van der Waals surface area contributed by atoms with E-state index in [2.05, 4.69) is 0 Å². The van der Waals surface area contributed by atoms with Gasteiger partial charge in [-0.3, -0.25) is 9.59 Å². The maximum Gasteiger partial charge on any atom is 0.308 e. The predicted molar refractivity (Wildman–Crippen MR) is 73.4 cm³/mol. The molecule has 0 bridgehead atoms. The van der Waals surface area contributed by atoms with Crippen LogP contribution in [0.5, 0.6) is 5.75 Å². The summed E-state index contributed by atoms with van der Waals surface area (Å²) in [5, 5.41) is 9.04. The topological polar surface area (TPSA) is 66.8 Å². The van der Waals surface area contributed by atoms with Crippen molar-refractivity contribution in [2.24, 2.45) is 5.92 Å². The predicted octanol–water partition coefficient (Wildman–Crippen LogP) is 1.92. The molecule has 1 aliphatic heterocycles. The van der Waals surface area contributed by atoms with Crippen molar-refractivity contribution in [1.29, 1.82) is 0 Å². The second kappa shape index (κ2) is 6.56. The number of carbonyl (C=O) groups excluding carboxylic acids is 1. The Morgan fingerprint density at radius 3 is 2.62 bits per heavy atom. The lowest BCUT2D eigenvalue weighted by Crippen LogP contribution is -2.38. The zero-order valence-corrected chi connectivity index (χ0v) is 11.8. The van der Waals surface area contributed by atoms with Crippen LogP contribution in [-0.2, 0) is 9.59 Å². The average molecular weight is 295 g/mol. The summed E-state index contributed by atoms with van der Waals surface area (Å²) in [6.45, 7) is 2.41. The maximum absolute atomic E-state index is 12.7. The lowest BCUT2D eigenvalue weighted by atomic mass is 10.0. The number of hydrogen-bond donors (Lipinski definition) is 1. The molecule has 0 spiro atoms. The van der Waals surface area contributed by atoms with Crippen LogP contribution < -0.4 is 4.74 Å². The van der Waals surface area contributed by atoms with Gasteiger partial charge in [0, 0.05) is 12.6 Å². The second-order valence-electron chi connectivity index (χ2n) is 5.11. The van der Waals surface area contributed by atoms with Gasteiger partial charge >= 0.3 is 5.97 Å². The van der Waals surface area contributed by atoms with Gasteiger partial charge in [0.25, 0.3) is 0 Å². The smallest absolute Gasteiger partial charge is 0.308 e. The summed E-state index contributed by atoms with van der Waals surface area (Å²) >= 11 is 0. The Hall–Kier alpha value is -2.11. The minimum absolute atomic E-state index is 0.117. The van der Waals surface area contributed by atoms with Crippen LogP contribution in [0.2, 0.25) is 0 Å². The largest absolute Gasteiger partial charge is 0.493 e. The second-order valence-corrected chi connectivity index (χ2v) is 5.11. The Labute approximate surface area is 122 Å². The molecule has 1 saturated heterocycles. The van der Waals surface area contributed by atoms with Gasteiger partial charge in [0.1, 0.15) is 11.6 Å². The SMILES string of the molecule is CC1C(C(=O)O)CCN1C(=O)CCOc1ccc(F)cc1. The van der Waals surface area contributed by atoms with Crippen molar-refractivity contribution in [1.82, 2.24) is 4.90 Å². The number of likely N-dealkylation sites (tertiary alicyclic amines) is 1.